The van der Waals surface area contributed by atoms with Crippen molar-refractivity contribution in [1.29, 1.82) is 0 Å². The van der Waals surface area contributed by atoms with Gasteiger partial charge in [0, 0.05) is 43.2 Å². The number of anilines is 1. The van der Waals surface area contributed by atoms with Crippen LogP contribution in [0.4, 0.5) is 18.9 Å². The minimum Gasteiger partial charge on any atom is -0.490 e. The van der Waals surface area contributed by atoms with E-state index in [-0.39, 0.29) is 23.7 Å². The fourth-order valence-corrected chi connectivity index (χ4v) is 5.53. The number of thiophene rings is 1. The van der Waals surface area contributed by atoms with Crippen molar-refractivity contribution in [2.45, 2.75) is 32.2 Å². The number of likely N-dealkylation sites (tertiary alicyclic amines) is 1. The van der Waals surface area contributed by atoms with Gasteiger partial charge in [-0.3, -0.25) is 9.59 Å². The summed E-state index contributed by atoms with van der Waals surface area (Å²) in [4.78, 5) is 28.5. The van der Waals surface area contributed by atoms with Crippen LogP contribution in [0.15, 0.2) is 84.2 Å². The molecular formula is C31H27F3N2O4S. The summed E-state index contributed by atoms with van der Waals surface area (Å²) in [6.07, 6.45) is -3.44. The molecule has 3 aromatic carbocycles. The van der Waals surface area contributed by atoms with E-state index in [1.165, 1.54) is 35.6 Å². The molecular weight excluding hydrogens is 553 g/mol. The summed E-state index contributed by atoms with van der Waals surface area (Å²) < 4.78 is 47.8. The van der Waals surface area contributed by atoms with Crippen LogP contribution in [0.1, 0.15) is 38.4 Å². The van der Waals surface area contributed by atoms with E-state index in [1.54, 1.807) is 30.3 Å². The number of alkyl halides is 3. The molecule has 5 rings (SSSR count). The number of aryl methyl sites for hydroxylation is 1. The molecule has 0 atom stereocenters. The molecule has 0 unspecified atom stereocenters. The first-order valence-electron chi connectivity index (χ1n) is 13.0. The largest absolute Gasteiger partial charge is 0.573 e. The van der Waals surface area contributed by atoms with E-state index >= 15 is 0 Å². The molecule has 41 heavy (non-hydrogen) atoms. The maximum absolute atomic E-state index is 13.4. The zero-order valence-electron chi connectivity index (χ0n) is 22.1. The smallest absolute Gasteiger partial charge is 0.490 e. The van der Waals surface area contributed by atoms with Gasteiger partial charge < -0.3 is 19.7 Å². The first-order chi connectivity index (χ1) is 19.7. The SMILES string of the molecule is Cc1cccc(C(=O)Nc2cccc(OC3CCN(C(=O)c4cccs4)CC3)c2)c1-c1ccc(OC(F)(F)F)cc1. The number of halogens is 3. The Hall–Kier alpha value is -4.31. The Balaban J connectivity index is 1.24. The van der Waals surface area contributed by atoms with Crippen molar-refractivity contribution in [3.63, 3.8) is 0 Å². The molecule has 0 saturated carbocycles. The maximum atomic E-state index is 13.4. The van der Waals surface area contributed by atoms with Gasteiger partial charge in [0.05, 0.1) is 4.88 Å². The van der Waals surface area contributed by atoms with Gasteiger partial charge in [0.1, 0.15) is 17.6 Å². The van der Waals surface area contributed by atoms with Crippen LogP contribution >= 0.6 is 11.3 Å². The lowest BCUT2D eigenvalue weighted by atomic mass is 9.94. The fourth-order valence-electron chi connectivity index (χ4n) is 4.83. The number of nitrogens with zero attached hydrogens (tertiary/aromatic N) is 1. The minimum atomic E-state index is -4.78. The lowest BCUT2D eigenvalue weighted by molar-refractivity contribution is -0.274. The zero-order chi connectivity index (χ0) is 29.0. The molecule has 10 heteroatoms. The topological polar surface area (TPSA) is 67.9 Å². The molecule has 1 aromatic heterocycles. The number of carbonyl (C=O) groups is 2. The first-order valence-corrected chi connectivity index (χ1v) is 13.9. The molecule has 1 fully saturated rings. The monoisotopic (exact) mass is 580 g/mol. The number of carbonyl (C=O) groups excluding carboxylic acids is 2. The van der Waals surface area contributed by atoms with Crippen molar-refractivity contribution < 1.29 is 32.2 Å². The third kappa shape index (κ3) is 7.07. The first kappa shape index (κ1) is 28.2. The lowest BCUT2D eigenvalue weighted by Crippen LogP contribution is -2.41. The van der Waals surface area contributed by atoms with Gasteiger partial charge in [0.15, 0.2) is 0 Å². The van der Waals surface area contributed by atoms with Gasteiger partial charge >= 0.3 is 6.36 Å². The van der Waals surface area contributed by atoms with Crippen LogP contribution in [0.25, 0.3) is 11.1 Å². The Morgan fingerprint density at radius 2 is 1.66 bits per heavy atom. The quantitative estimate of drug-likeness (QED) is 0.245. The number of benzene rings is 3. The second kappa shape index (κ2) is 12.1. The second-order valence-electron chi connectivity index (χ2n) is 9.64. The minimum absolute atomic E-state index is 0.0456. The van der Waals surface area contributed by atoms with Crippen LogP contribution in [0.2, 0.25) is 0 Å². The van der Waals surface area contributed by atoms with Crippen LogP contribution in [0.5, 0.6) is 11.5 Å². The molecule has 0 aliphatic carbocycles. The van der Waals surface area contributed by atoms with E-state index in [9.17, 15) is 22.8 Å². The number of rotatable bonds is 7. The highest BCUT2D eigenvalue weighted by Gasteiger charge is 2.31. The maximum Gasteiger partial charge on any atom is 0.573 e. The Kier molecular flexibility index (Phi) is 8.30. The van der Waals surface area contributed by atoms with Gasteiger partial charge in [0.25, 0.3) is 11.8 Å². The Morgan fingerprint density at radius 1 is 0.927 bits per heavy atom. The lowest BCUT2D eigenvalue weighted by Gasteiger charge is -2.32. The summed E-state index contributed by atoms with van der Waals surface area (Å²) in [5, 5.41) is 4.80. The average Bonchev–Trinajstić information content (AvgIpc) is 3.48. The molecule has 0 spiro atoms. The third-order valence-corrected chi connectivity index (χ3v) is 7.61. The van der Waals surface area contributed by atoms with Gasteiger partial charge in [-0.15, -0.1) is 24.5 Å². The van der Waals surface area contributed by atoms with E-state index < -0.39 is 6.36 Å². The van der Waals surface area contributed by atoms with Crippen LogP contribution < -0.4 is 14.8 Å². The molecule has 6 nitrogen and oxygen atoms in total. The Bertz CT molecular complexity index is 1510. The highest BCUT2D eigenvalue weighted by Crippen LogP contribution is 2.32. The molecule has 2 amide bonds. The standard InChI is InChI=1S/C31H27F3N2O4S/c1-20-5-2-8-26(28(20)21-10-12-24(13-11-21)40-31(32,33)34)29(37)35-22-6-3-7-25(19-22)39-23-14-16-36(17-15-23)30(38)27-9-4-18-41-27/h2-13,18-19,23H,14-17H2,1H3,(H,35,37). The van der Waals surface area contributed by atoms with Crippen LogP contribution in [0, 0.1) is 6.92 Å². The Labute approximate surface area is 239 Å². The van der Waals surface area contributed by atoms with Gasteiger partial charge in [-0.05, 0) is 65.4 Å². The Morgan fingerprint density at radius 3 is 2.34 bits per heavy atom. The van der Waals surface area contributed by atoms with Crippen molar-refractivity contribution in [2.24, 2.45) is 0 Å². The highest BCUT2D eigenvalue weighted by molar-refractivity contribution is 7.12. The van der Waals surface area contributed by atoms with E-state index in [2.05, 4.69) is 10.1 Å². The predicted molar refractivity (Wildman–Crippen MR) is 152 cm³/mol. The zero-order valence-corrected chi connectivity index (χ0v) is 22.9. The fraction of sp³-hybridized carbons (Fsp3) is 0.226. The van der Waals surface area contributed by atoms with E-state index in [4.69, 9.17) is 4.74 Å². The molecule has 1 aliphatic rings. The predicted octanol–water partition coefficient (Wildman–Crippen LogP) is 7.56. The molecule has 1 aliphatic heterocycles. The summed E-state index contributed by atoms with van der Waals surface area (Å²) in [6, 6.07) is 21.5. The van der Waals surface area contributed by atoms with Gasteiger partial charge in [-0.1, -0.05) is 36.4 Å². The van der Waals surface area contributed by atoms with Crippen LogP contribution in [0.3, 0.4) is 0 Å². The number of nitrogens with one attached hydrogen (secondary N) is 1. The second-order valence-corrected chi connectivity index (χ2v) is 10.6. The summed E-state index contributed by atoms with van der Waals surface area (Å²) in [5.74, 6) is -0.0471. The number of amides is 2. The number of hydrogen-bond donors (Lipinski definition) is 1. The van der Waals surface area contributed by atoms with E-state index in [0.717, 1.165) is 10.4 Å². The molecule has 1 saturated heterocycles. The van der Waals surface area contributed by atoms with Crippen molar-refractivity contribution in [3.8, 4) is 22.6 Å². The van der Waals surface area contributed by atoms with Crippen molar-refractivity contribution in [1.82, 2.24) is 4.90 Å². The van der Waals surface area contributed by atoms with E-state index in [1.807, 2.05) is 41.5 Å². The molecule has 0 bridgehead atoms. The van der Waals surface area contributed by atoms with Crippen molar-refractivity contribution in [3.05, 3.63) is 100 Å². The molecule has 1 N–H and O–H groups in total. The van der Waals surface area contributed by atoms with Crippen LogP contribution in [-0.2, 0) is 0 Å². The van der Waals surface area contributed by atoms with Crippen molar-refractivity contribution >= 4 is 28.8 Å². The molecule has 212 valence electrons. The third-order valence-electron chi connectivity index (χ3n) is 6.75. The van der Waals surface area contributed by atoms with Gasteiger partial charge in [-0.25, -0.2) is 0 Å². The van der Waals surface area contributed by atoms with E-state index in [0.29, 0.717) is 54.1 Å². The normalized spacial score (nSPS) is 14.0. The van der Waals surface area contributed by atoms with Gasteiger partial charge in [0.2, 0.25) is 0 Å². The summed E-state index contributed by atoms with van der Waals surface area (Å²) in [5.41, 5.74) is 2.91. The molecule has 2 heterocycles. The van der Waals surface area contributed by atoms with Crippen molar-refractivity contribution in [2.75, 3.05) is 18.4 Å². The van der Waals surface area contributed by atoms with Gasteiger partial charge in [-0.2, -0.15) is 0 Å². The number of hydrogen-bond acceptors (Lipinski definition) is 5. The summed E-state index contributed by atoms with van der Waals surface area (Å²) in [7, 11) is 0. The molecule has 4 aromatic rings. The highest BCUT2D eigenvalue weighted by atomic mass is 32.1. The molecule has 0 radical (unpaired) electrons. The van der Waals surface area contributed by atoms with Crippen LogP contribution in [-0.4, -0.2) is 42.3 Å². The average molecular weight is 581 g/mol. The number of ether oxygens (including phenoxy) is 2. The number of piperidine rings is 1. The summed E-state index contributed by atoms with van der Waals surface area (Å²) >= 11 is 1.44. The summed E-state index contributed by atoms with van der Waals surface area (Å²) in [6.45, 7) is 3.05.